The predicted molar refractivity (Wildman–Crippen MR) is 45.9 cm³/mol. The van der Waals surface area contributed by atoms with Crippen molar-refractivity contribution in [2.24, 2.45) is 9.98 Å². The molecule has 78 valence electrons. The van der Waals surface area contributed by atoms with Crippen LogP contribution in [0.5, 0.6) is 0 Å². The van der Waals surface area contributed by atoms with E-state index < -0.39 is 0 Å². The van der Waals surface area contributed by atoms with Crippen LogP contribution in [0.1, 0.15) is 0 Å². The summed E-state index contributed by atoms with van der Waals surface area (Å²) >= 11 is 0. The summed E-state index contributed by atoms with van der Waals surface area (Å²) in [5.74, 6) is 0.334. The van der Waals surface area contributed by atoms with Crippen LogP contribution in [0.25, 0.3) is 0 Å². The minimum atomic E-state index is -0.0319. The number of fused-ring (bicyclic) bond motifs is 1. The molecular weight excluding hydrogens is 188 g/mol. The zero-order valence-electron chi connectivity index (χ0n) is 7.51. The van der Waals surface area contributed by atoms with E-state index in [0.29, 0.717) is 0 Å². The molecule has 8 N–H and O–H groups in total. The number of amidine groups is 2. The minimum absolute atomic E-state index is 0.0319. The molecule has 2 atom stereocenters. The Hall–Kier alpha value is -1.22. The molecule has 2 aliphatic heterocycles. The van der Waals surface area contributed by atoms with Crippen molar-refractivity contribution in [2.45, 2.75) is 12.3 Å². The van der Waals surface area contributed by atoms with Crippen LogP contribution < -0.4 is 21.6 Å². The van der Waals surface area contributed by atoms with E-state index in [2.05, 4.69) is 20.6 Å². The molecule has 8 nitrogen and oxygen atoms in total. The maximum atomic E-state index is 8.75. The van der Waals surface area contributed by atoms with Crippen LogP contribution in [0, 0.1) is 0 Å². The Kier molecular flexibility index (Phi) is 2.59. The van der Waals surface area contributed by atoms with E-state index in [0.717, 1.165) is 13.1 Å². The van der Waals surface area contributed by atoms with Crippen molar-refractivity contribution < 1.29 is 21.0 Å². The Labute approximate surface area is 80.0 Å². The van der Waals surface area contributed by atoms with E-state index in [4.69, 9.17) is 10.4 Å². The van der Waals surface area contributed by atoms with Crippen molar-refractivity contribution in [1.82, 2.24) is 11.0 Å². The first kappa shape index (κ1) is 9.34. The Bertz CT molecular complexity index is 249. The Morgan fingerprint density at radius 3 is 1.79 bits per heavy atom. The van der Waals surface area contributed by atoms with Crippen LogP contribution in [0.2, 0.25) is 0 Å². The first-order valence-electron chi connectivity index (χ1n) is 4.48. The number of hydrogen-bond acceptors (Lipinski definition) is 6. The third-order valence-electron chi connectivity index (χ3n) is 2.33. The highest BCUT2D eigenvalue weighted by atomic mass is 16.5. The van der Waals surface area contributed by atoms with Gasteiger partial charge in [0.2, 0.25) is 0 Å². The highest BCUT2D eigenvalue weighted by Crippen LogP contribution is 1.98. The summed E-state index contributed by atoms with van der Waals surface area (Å²) in [4.78, 5) is 8.38. The van der Waals surface area contributed by atoms with Gasteiger partial charge in [0.05, 0.1) is 0 Å². The Morgan fingerprint density at radius 1 is 1.00 bits per heavy atom. The van der Waals surface area contributed by atoms with Gasteiger partial charge >= 0.3 is 0 Å². The normalized spacial score (nSPS) is 31.3. The van der Waals surface area contributed by atoms with Crippen LogP contribution in [0.4, 0.5) is 0 Å². The standard InChI is InChI=1S/C6H12N6O2/c13-11-5-6(12-14)10-4-3(9-5)7-1-2-8-4/h3-4,7-8,13-14H,1-2H2,(H,9,11)(H,10,12)/p+2/t3-,4-/m1/s1. The molecule has 1 saturated heterocycles. The van der Waals surface area contributed by atoms with Gasteiger partial charge in [-0.15, -0.1) is 0 Å². The smallest absolute Gasteiger partial charge is 0.256 e. The van der Waals surface area contributed by atoms with Crippen molar-refractivity contribution in [3.63, 3.8) is 0 Å². The molecule has 0 radical (unpaired) electrons. The fourth-order valence-corrected chi connectivity index (χ4v) is 1.66. The zero-order valence-corrected chi connectivity index (χ0v) is 7.51. The number of hydroxylamine groups is 2. The summed E-state index contributed by atoms with van der Waals surface area (Å²) in [6.07, 6.45) is -0.0639. The van der Waals surface area contributed by atoms with Gasteiger partial charge in [-0.05, 0) is 0 Å². The zero-order chi connectivity index (χ0) is 9.97. The van der Waals surface area contributed by atoms with Gasteiger partial charge in [0.1, 0.15) is 13.1 Å². The minimum Gasteiger partial charge on any atom is -0.314 e. The Morgan fingerprint density at radius 2 is 1.43 bits per heavy atom. The molecule has 0 aliphatic carbocycles. The molecule has 2 rings (SSSR count). The second-order valence-electron chi connectivity index (χ2n) is 3.21. The predicted octanol–water partition coefficient (Wildman–Crippen LogP) is -4.45. The average Bonchev–Trinajstić information content (AvgIpc) is 2.27. The van der Waals surface area contributed by atoms with Crippen LogP contribution in [-0.2, 0) is 0 Å². The van der Waals surface area contributed by atoms with Crippen LogP contribution in [0.3, 0.4) is 0 Å². The number of hydrogen-bond donors (Lipinski definition) is 6. The van der Waals surface area contributed by atoms with E-state index in [1.807, 2.05) is 11.0 Å². The summed E-state index contributed by atoms with van der Waals surface area (Å²) in [7, 11) is 0. The van der Waals surface area contributed by atoms with Gasteiger partial charge in [-0.1, -0.05) is 0 Å². The molecule has 0 unspecified atom stereocenters. The largest absolute Gasteiger partial charge is 0.314 e. The molecule has 0 bridgehead atoms. The third-order valence-corrected chi connectivity index (χ3v) is 2.33. The molecule has 2 aliphatic rings. The van der Waals surface area contributed by atoms with Gasteiger partial charge in [0.15, 0.2) is 11.7 Å². The second-order valence-corrected chi connectivity index (χ2v) is 3.21. The molecular formula is C6H14N6O2+2. The van der Waals surface area contributed by atoms with Gasteiger partial charge in [0, 0.05) is 0 Å². The van der Waals surface area contributed by atoms with Gasteiger partial charge in [-0.25, -0.2) is 11.0 Å². The van der Waals surface area contributed by atoms with Crippen molar-refractivity contribution in [3.05, 3.63) is 0 Å². The highest BCUT2D eigenvalue weighted by Gasteiger charge is 2.35. The first-order chi connectivity index (χ1) is 6.85. The third kappa shape index (κ3) is 1.55. The molecule has 0 aromatic rings. The lowest BCUT2D eigenvalue weighted by Crippen LogP contribution is -3.11. The number of quaternary nitrogens is 2. The molecule has 0 spiro atoms. The number of nitrogens with zero attached hydrogens (tertiary/aromatic N) is 2. The number of rotatable bonds is 0. The van der Waals surface area contributed by atoms with Crippen LogP contribution in [-0.4, -0.2) is 47.5 Å². The molecule has 14 heavy (non-hydrogen) atoms. The van der Waals surface area contributed by atoms with E-state index in [-0.39, 0.29) is 24.0 Å². The van der Waals surface area contributed by atoms with E-state index >= 15 is 0 Å². The maximum Gasteiger partial charge on any atom is 0.256 e. The van der Waals surface area contributed by atoms with Crippen molar-refractivity contribution in [2.75, 3.05) is 13.1 Å². The summed E-state index contributed by atoms with van der Waals surface area (Å²) < 4.78 is 0. The molecule has 0 saturated carbocycles. The highest BCUT2D eigenvalue weighted by molar-refractivity contribution is 6.40. The first-order valence-corrected chi connectivity index (χ1v) is 4.48. The van der Waals surface area contributed by atoms with E-state index in [9.17, 15) is 0 Å². The van der Waals surface area contributed by atoms with E-state index in [1.165, 1.54) is 0 Å². The number of aliphatic imine (C=N–C) groups is 2. The second kappa shape index (κ2) is 3.88. The summed E-state index contributed by atoms with van der Waals surface area (Å²) in [6.45, 7) is 1.95. The van der Waals surface area contributed by atoms with Gasteiger partial charge in [0.25, 0.3) is 12.3 Å². The van der Waals surface area contributed by atoms with Crippen molar-refractivity contribution >= 4 is 11.7 Å². The number of piperazine rings is 1. The monoisotopic (exact) mass is 202 g/mol. The molecule has 8 heteroatoms. The molecule has 1 fully saturated rings. The molecule has 2 heterocycles. The van der Waals surface area contributed by atoms with Crippen LogP contribution in [0.15, 0.2) is 9.98 Å². The molecule has 0 amide bonds. The Balaban J connectivity index is 2.19. The summed E-state index contributed by atoms with van der Waals surface area (Å²) in [5.41, 5.74) is 3.80. The van der Waals surface area contributed by atoms with Crippen LogP contribution >= 0.6 is 0 Å². The molecule has 0 aromatic carbocycles. The van der Waals surface area contributed by atoms with E-state index in [1.54, 1.807) is 0 Å². The van der Waals surface area contributed by atoms with Crippen molar-refractivity contribution in [3.8, 4) is 0 Å². The lowest BCUT2D eigenvalue weighted by molar-refractivity contribution is -0.832. The number of nitrogens with two attached hydrogens (primary N) is 2. The average molecular weight is 202 g/mol. The van der Waals surface area contributed by atoms with Gasteiger partial charge in [-0.2, -0.15) is 9.98 Å². The van der Waals surface area contributed by atoms with Gasteiger partial charge < -0.3 is 10.6 Å². The maximum absolute atomic E-state index is 8.75. The number of nitrogens with one attached hydrogen (secondary N) is 2. The van der Waals surface area contributed by atoms with Gasteiger partial charge in [-0.3, -0.25) is 10.4 Å². The summed E-state index contributed by atoms with van der Waals surface area (Å²) in [6, 6.07) is 0. The molecule has 0 aromatic heterocycles. The quantitative estimate of drug-likeness (QED) is 0.222. The topological polar surface area (TPSA) is 122 Å². The lowest BCUT2D eigenvalue weighted by Gasteiger charge is -2.26. The summed E-state index contributed by atoms with van der Waals surface area (Å²) in [5, 5.41) is 21.6. The van der Waals surface area contributed by atoms with Crippen molar-refractivity contribution in [1.29, 1.82) is 0 Å². The lowest BCUT2D eigenvalue weighted by atomic mass is 10.2. The SMILES string of the molecule is ONC1=N[C@H]2[NH2+]CC[NH2+][C@@H]2N=C1NO. The fourth-order valence-electron chi connectivity index (χ4n) is 1.66. The fraction of sp³-hybridized carbons (Fsp3) is 0.667.